The molecule has 10 nitrogen and oxygen atoms in total. The highest BCUT2D eigenvalue weighted by Crippen LogP contribution is 2.45. The van der Waals surface area contributed by atoms with Crippen LogP contribution in [0.15, 0.2) is 30.3 Å². The van der Waals surface area contributed by atoms with Gasteiger partial charge in [-0.1, -0.05) is 11.2 Å². The molecular formula is C31H31F9N6O4. The van der Waals surface area contributed by atoms with Gasteiger partial charge in [0.1, 0.15) is 6.10 Å². The standard InChI is InChI=1S/C31H31F9N6O4/c1-16-10-22-24(46(27-41-43-44(2)42-27)15-17-11-19(29(32,33)34)13-20(12-17)30(35,36)37)4-3-9-45(25(22)14-23(16)31(38,39)40)28(49)50-21-7-5-18(6-8-21)26(47)48/h10-14,18,21,24H,3-9,15H2,1-2H3,(H,47,48)/t18?,21?,24-/m0/s1. The Hall–Kier alpha value is -4.58. The molecule has 0 radical (unpaired) electrons. The van der Waals surface area contributed by atoms with Crippen molar-refractivity contribution in [2.75, 3.05) is 16.3 Å². The van der Waals surface area contributed by atoms with Crippen LogP contribution in [-0.2, 0) is 41.7 Å². The number of rotatable bonds is 6. The van der Waals surface area contributed by atoms with Crippen molar-refractivity contribution in [3.63, 3.8) is 0 Å². The molecule has 0 bridgehead atoms. The lowest BCUT2D eigenvalue weighted by Crippen LogP contribution is -2.37. The number of hydrogen-bond acceptors (Lipinski definition) is 7. The number of benzene rings is 2. The van der Waals surface area contributed by atoms with Crippen molar-refractivity contribution < 1.29 is 58.9 Å². The first-order valence-electron chi connectivity index (χ1n) is 15.4. The average Bonchev–Trinajstić information content (AvgIpc) is 3.36. The Bertz CT molecular complexity index is 1700. The van der Waals surface area contributed by atoms with E-state index in [1.807, 2.05) is 0 Å². The van der Waals surface area contributed by atoms with Crippen LogP contribution in [0.2, 0.25) is 0 Å². The monoisotopic (exact) mass is 722 g/mol. The SMILES string of the molecule is Cc1cc2c(cc1C(F)(F)F)N(C(=O)OC1CCC(C(=O)O)CC1)CCC[C@@H]2N(Cc1cc(C(F)(F)F)cc(C(F)(F)F)c1)c1nnn(C)n1. The van der Waals surface area contributed by atoms with Crippen molar-refractivity contribution in [3.8, 4) is 0 Å². The number of carbonyl (C=O) groups is 2. The molecule has 0 unspecified atom stereocenters. The largest absolute Gasteiger partial charge is 0.481 e. The van der Waals surface area contributed by atoms with Gasteiger partial charge in [-0.15, -0.1) is 5.10 Å². The van der Waals surface area contributed by atoms with Gasteiger partial charge in [0.15, 0.2) is 0 Å². The summed E-state index contributed by atoms with van der Waals surface area (Å²) in [5.41, 5.74) is -5.04. The number of tetrazole rings is 1. The summed E-state index contributed by atoms with van der Waals surface area (Å²) in [6.07, 6.45) is -15.8. The molecule has 1 amide bonds. The number of fused-ring (bicyclic) bond motifs is 1. The number of anilines is 2. The fraction of sp³-hybridized carbons (Fsp3) is 0.516. The second kappa shape index (κ2) is 13.6. The Morgan fingerprint density at radius 2 is 1.52 bits per heavy atom. The van der Waals surface area contributed by atoms with Crippen molar-refractivity contribution in [3.05, 3.63) is 63.7 Å². The maximum absolute atomic E-state index is 14.2. The number of aromatic nitrogens is 4. The summed E-state index contributed by atoms with van der Waals surface area (Å²) >= 11 is 0. The number of carboxylic acid groups (broad SMARTS) is 1. The molecule has 2 aliphatic rings. The van der Waals surface area contributed by atoms with Crippen LogP contribution in [0.3, 0.4) is 0 Å². The zero-order valence-electron chi connectivity index (χ0n) is 26.5. The van der Waals surface area contributed by atoms with E-state index in [4.69, 9.17) is 4.74 Å². The number of carbonyl (C=O) groups excluding carboxylic acids is 1. The van der Waals surface area contributed by atoms with Gasteiger partial charge in [0, 0.05) is 13.1 Å². The Labute approximate surface area is 278 Å². The molecule has 1 N–H and O–H groups in total. The summed E-state index contributed by atoms with van der Waals surface area (Å²) < 4.78 is 131. The maximum atomic E-state index is 14.2. The predicted molar refractivity (Wildman–Crippen MR) is 157 cm³/mol. The first kappa shape index (κ1) is 36.7. The van der Waals surface area contributed by atoms with E-state index in [1.165, 1.54) is 24.9 Å². The van der Waals surface area contributed by atoms with E-state index in [0.29, 0.717) is 12.1 Å². The topological polar surface area (TPSA) is 114 Å². The molecule has 3 aromatic rings. The third kappa shape index (κ3) is 8.07. The molecule has 1 saturated carbocycles. The maximum Gasteiger partial charge on any atom is 0.416 e. The van der Waals surface area contributed by atoms with Crippen LogP contribution in [-0.4, -0.2) is 50.0 Å². The molecule has 272 valence electrons. The zero-order valence-corrected chi connectivity index (χ0v) is 26.5. The second-order valence-electron chi connectivity index (χ2n) is 12.3. The van der Waals surface area contributed by atoms with Crippen molar-refractivity contribution in [1.29, 1.82) is 0 Å². The van der Waals surface area contributed by atoms with Crippen LogP contribution in [0.5, 0.6) is 0 Å². The van der Waals surface area contributed by atoms with Crippen LogP contribution < -0.4 is 9.80 Å². The Balaban J connectivity index is 1.59. The molecule has 2 aromatic carbocycles. The zero-order chi connectivity index (χ0) is 36.8. The lowest BCUT2D eigenvalue weighted by atomic mass is 9.87. The van der Waals surface area contributed by atoms with Gasteiger partial charge in [-0.25, -0.2) is 4.79 Å². The molecular weight excluding hydrogens is 691 g/mol. The highest BCUT2D eigenvalue weighted by atomic mass is 19.4. The van der Waals surface area contributed by atoms with Crippen LogP contribution in [0.4, 0.5) is 55.9 Å². The number of ether oxygens (including phenoxy) is 1. The number of halogens is 9. The molecule has 19 heteroatoms. The lowest BCUT2D eigenvalue weighted by molar-refractivity contribution is -0.144. The Morgan fingerprint density at radius 1 is 0.900 bits per heavy atom. The van der Waals surface area contributed by atoms with E-state index in [-0.39, 0.29) is 73.9 Å². The lowest BCUT2D eigenvalue weighted by Gasteiger charge is -2.33. The summed E-state index contributed by atoms with van der Waals surface area (Å²) in [5.74, 6) is -1.84. The first-order chi connectivity index (χ1) is 23.2. The number of carboxylic acids is 1. The third-order valence-corrected chi connectivity index (χ3v) is 8.83. The second-order valence-corrected chi connectivity index (χ2v) is 12.3. The number of amides is 1. The molecule has 1 aliphatic heterocycles. The molecule has 0 saturated heterocycles. The molecule has 2 heterocycles. The number of alkyl halides is 9. The van der Waals surface area contributed by atoms with Gasteiger partial charge in [-0.2, -0.15) is 44.3 Å². The van der Waals surface area contributed by atoms with Crippen LogP contribution in [0.1, 0.15) is 77.9 Å². The first-order valence-corrected chi connectivity index (χ1v) is 15.4. The summed E-state index contributed by atoms with van der Waals surface area (Å²) in [6, 6.07) is 1.93. The predicted octanol–water partition coefficient (Wildman–Crippen LogP) is 7.70. The van der Waals surface area contributed by atoms with Crippen molar-refractivity contribution in [2.45, 2.75) is 82.7 Å². The van der Waals surface area contributed by atoms with Gasteiger partial charge >= 0.3 is 30.6 Å². The van der Waals surface area contributed by atoms with E-state index >= 15 is 0 Å². The molecule has 50 heavy (non-hydrogen) atoms. The van der Waals surface area contributed by atoms with Crippen molar-refractivity contribution in [2.24, 2.45) is 13.0 Å². The molecule has 1 aromatic heterocycles. The van der Waals surface area contributed by atoms with Gasteiger partial charge < -0.3 is 14.7 Å². The van der Waals surface area contributed by atoms with E-state index in [9.17, 15) is 54.2 Å². The molecule has 5 rings (SSSR count). The van der Waals surface area contributed by atoms with Gasteiger partial charge in [0.2, 0.25) is 0 Å². The van der Waals surface area contributed by atoms with E-state index in [0.717, 1.165) is 15.8 Å². The number of aliphatic carboxylic acids is 1. The van der Waals surface area contributed by atoms with Crippen LogP contribution in [0, 0.1) is 12.8 Å². The normalized spacial score (nSPS) is 20.2. The minimum Gasteiger partial charge on any atom is -0.481 e. The molecule has 1 atom stereocenters. The van der Waals surface area contributed by atoms with Gasteiger partial charge in [-0.3, -0.25) is 9.69 Å². The fourth-order valence-corrected chi connectivity index (χ4v) is 6.41. The minimum absolute atomic E-state index is 0.0188. The van der Waals surface area contributed by atoms with Gasteiger partial charge in [0.05, 0.1) is 41.4 Å². The number of aryl methyl sites for hydroxylation is 2. The molecule has 1 fully saturated rings. The smallest absolute Gasteiger partial charge is 0.416 e. The van der Waals surface area contributed by atoms with Crippen LogP contribution in [0.25, 0.3) is 0 Å². The van der Waals surface area contributed by atoms with E-state index in [2.05, 4.69) is 15.4 Å². The van der Waals surface area contributed by atoms with Gasteiger partial charge in [-0.05, 0) is 91.6 Å². The average molecular weight is 723 g/mol. The highest BCUT2D eigenvalue weighted by molar-refractivity contribution is 5.89. The van der Waals surface area contributed by atoms with E-state index in [1.54, 1.807) is 0 Å². The third-order valence-electron chi connectivity index (χ3n) is 8.83. The van der Waals surface area contributed by atoms with E-state index < -0.39 is 77.5 Å². The molecule has 1 aliphatic carbocycles. The quantitative estimate of drug-likeness (QED) is 0.258. The minimum atomic E-state index is -5.14. The van der Waals surface area contributed by atoms with Crippen molar-refractivity contribution in [1.82, 2.24) is 20.2 Å². The van der Waals surface area contributed by atoms with Crippen LogP contribution >= 0.6 is 0 Å². The number of hydrogen-bond donors (Lipinski definition) is 1. The van der Waals surface area contributed by atoms with Crippen molar-refractivity contribution >= 4 is 23.7 Å². The summed E-state index contributed by atoms with van der Waals surface area (Å²) in [7, 11) is 1.36. The highest BCUT2D eigenvalue weighted by Gasteiger charge is 2.41. The summed E-state index contributed by atoms with van der Waals surface area (Å²) in [5, 5.41) is 21.0. The van der Waals surface area contributed by atoms with Gasteiger partial charge in [0.25, 0.3) is 5.95 Å². The number of nitrogens with zero attached hydrogens (tertiary/aromatic N) is 6. The molecule has 0 spiro atoms. The Kier molecular flexibility index (Phi) is 9.99. The summed E-state index contributed by atoms with van der Waals surface area (Å²) in [6.45, 7) is 0.374. The summed E-state index contributed by atoms with van der Waals surface area (Å²) in [4.78, 5) is 28.2. The Morgan fingerprint density at radius 3 is 2.04 bits per heavy atom. The fourth-order valence-electron chi connectivity index (χ4n) is 6.41.